The van der Waals surface area contributed by atoms with Crippen LogP contribution in [0.25, 0.3) is 0 Å². The standard InChI is InChI=1S/C14H17N3O2/c18-17(19)9-6-12-11-3-1-2-4-13(11)16-10-8-15-7-5-14(12)16/h1-5,12,15H,6-10H2. The number of nitrogens with zero attached hydrogens (tertiary/aromatic N) is 2. The van der Waals surface area contributed by atoms with Crippen LogP contribution in [0.3, 0.4) is 0 Å². The molecule has 1 aromatic carbocycles. The van der Waals surface area contributed by atoms with E-state index in [1.54, 1.807) is 0 Å². The molecule has 1 atom stereocenters. The molecule has 0 aliphatic carbocycles. The van der Waals surface area contributed by atoms with Crippen LogP contribution in [0.4, 0.5) is 5.69 Å². The molecule has 0 fully saturated rings. The summed E-state index contributed by atoms with van der Waals surface area (Å²) in [6.07, 6.45) is 2.75. The zero-order valence-corrected chi connectivity index (χ0v) is 10.7. The molecular weight excluding hydrogens is 242 g/mol. The molecule has 100 valence electrons. The number of benzene rings is 1. The number of para-hydroxylation sites is 1. The van der Waals surface area contributed by atoms with Gasteiger partial charge in [0.05, 0.1) is 0 Å². The first-order chi connectivity index (χ1) is 9.27. The maximum Gasteiger partial charge on any atom is 0.204 e. The first kappa shape index (κ1) is 12.2. The van der Waals surface area contributed by atoms with Crippen molar-refractivity contribution >= 4 is 5.69 Å². The first-order valence-corrected chi connectivity index (χ1v) is 6.66. The molecule has 2 aliphatic rings. The van der Waals surface area contributed by atoms with Crippen molar-refractivity contribution in [2.45, 2.75) is 12.3 Å². The molecule has 1 N–H and O–H groups in total. The van der Waals surface area contributed by atoms with Crippen molar-refractivity contribution in [1.29, 1.82) is 0 Å². The summed E-state index contributed by atoms with van der Waals surface area (Å²) in [5.41, 5.74) is 3.68. The third-order valence-corrected chi connectivity index (χ3v) is 3.84. The van der Waals surface area contributed by atoms with E-state index in [1.807, 2.05) is 12.1 Å². The Balaban J connectivity index is 1.96. The van der Waals surface area contributed by atoms with Gasteiger partial charge in [-0.2, -0.15) is 0 Å². The monoisotopic (exact) mass is 259 g/mol. The van der Waals surface area contributed by atoms with Crippen LogP contribution in [0.5, 0.6) is 0 Å². The predicted octanol–water partition coefficient (Wildman–Crippen LogP) is 1.74. The summed E-state index contributed by atoms with van der Waals surface area (Å²) in [5.74, 6) is 0.168. The van der Waals surface area contributed by atoms with Crippen LogP contribution in [0, 0.1) is 10.1 Å². The van der Waals surface area contributed by atoms with Gasteiger partial charge in [-0.3, -0.25) is 10.1 Å². The second kappa shape index (κ2) is 5.01. The fraction of sp³-hybridized carbons (Fsp3) is 0.429. The molecule has 0 saturated heterocycles. The van der Waals surface area contributed by atoms with Gasteiger partial charge in [-0.15, -0.1) is 0 Å². The molecule has 2 aliphatic heterocycles. The van der Waals surface area contributed by atoms with Crippen LogP contribution in [0.15, 0.2) is 36.0 Å². The Hall–Kier alpha value is -1.88. The van der Waals surface area contributed by atoms with E-state index in [9.17, 15) is 10.1 Å². The Morgan fingerprint density at radius 2 is 2.26 bits per heavy atom. The van der Waals surface area contributed by atoms with Gasteiger partial charge in [0.2, 0.25) is 6.54 Å². The van der Waals surface area contributed by atoms with Crippen molar-refractivity contribution in [3.8, 4) is 0 Å². The second-order valence-electron chi connectivity index (χ2n) is 4.94. The van der Waals surface area contributed by atoms with Crippen molar-refractivity contribution < 1.29 is 4.92 Å². The molecule has 0 aromatic heterocycles. The molecule has 0 amide bonds. The fourth-order valence-corrected chi connectivity index (χ4v) is 3.02. The van der Waals surface area contributed by atoms with Gasteiger partial charge in [0.25, 0.3) is 0 Å². The topological polar surface area (TPSA) is 58.4 Å². The van der Waals surface area contributed by atoms with E-state index < -0.39 is 0 Å². The molecular formula is C14H17N3O2. The molecule has 1 unspecified atom stereocenters. The highest BCUT2D eigenvalue weighted by atomic mass is 16.6. The number of nitro groups is 1. The van der Waals surface area contributed by atoms with E-state index in [1.165, 1.54) is 16.9 Å². The predicted molar refractivity (Wildman–Crippen MR) is 74.0 cm³/mol. The average Bonchev–Trinajstić information content (AvgIpc) is 2.56. The maximum atomic E-state index is 10.7. The summed E-state index contributed by atoms with van der Waals surface area (Å²) in [7, 11) is 0. The van der Waals surface area contributed by atoms with Crippen molar-refractivity contribution in [1.82, 2.24) is 5.32 Å². The van der Waals surface area contributed by atoms with Crippen LogP contribution >= 0.6 is 0 Å². The van der Waals surface area contributed by atoms with Gasteiger partial charge >= 0.3 is 0 Å². The SMILES string of the molecule is O=[N+]([O-])CCC1C2=CCNCCN2c2ccccc21. The normalized spacial score (nSPS) is 21.4. The zero-order chi connectivity index (χ0) is 13.2. The Bertz CT molecular complexity index is 527. The lowest BCUT2D eigenvalue weighted by atomic mass is 9.95. The summed E-state index contributed by atoms with van der Waals surface area (Å²) >= 11 is 0. The summed E-state index contributed by atoms with van der Waals surface area (Å²) in [4.78, 5) is 12.7. The number of allylic oxidation sites excluding steroid dienone is 1. The summed E-state index contributed by atoms with van der Waals surface area (Å²) < 4.78 is 0. The summed E-state index contributed by atoms with van der Waals surface area (Å²) in [5, 5.41) is 14.0. The molecule has 2 heterocycles. The van der Waals surface area contributed by atoms with Gasteiger partial charge in [0.15, 0.2) is 0 Å². The van der Waals surface area contributed by atoms with E-state index >= 15 is 0 Å². The van der Waals surface area contributed by atoms with Crippen LogP contribution in [-0.2, 0) is 0 Å². The van der Waals surface area contributed by atoms with E-state index in [4.69, 9.17) is 0 Å². The number of nitrogens with one attached hydrogen (secondary N) is 1. The Morgan fingerprint density at radius 3 is 3.11 bits per heavy atom. The van der Waals surface area contributed by atoms with E-state index in [0.717, 1.165) is 19.6 Å². The van der Waals surface area contributed by atoms with Gasteiger partial charge in [0, 0.05) is 48.3 Å². The highest BCUT2D eigenvalue weighted by molar-refractivity contribution is 5.68. The van der Waals surface area contributed by atoms with Crippen molar-refractivity contribution in [3.05, 3.63) is 51.7 Å². The Labute approximate surface area is 112 Å². The third kappa shape index (κ3) is 2.21. The van der Waals surface area contributed by atoms with Crippen molar-refractivity contribution in [2.24, 2.45) is 0 Å². The quantitative estimate of drug-likeness (QED) is 0.663. The lowest BCUT2D eigenvalue weighted by Gasteiger charge is -2.20. The third-order valence-electron chi connectivity index (χ3n) is 3.84. The van der Waals surface area contributed by atoms with Gasteiger partial charge < -0.3 is 10.2 Å². The van der Waals surface area contributed by atoms with Gasteiger partial charge in [-0.25, -0.2) is 0 Å². The van der Waals surface area contributed by atoms with Gasteiger partial charge in [-0.05, 0) is 11.6 Å². The van der Waals surface area contributed by atoms with E-state index in [-0.39, 0.29) is 17.4 Å². The average molecular weight is 259 g/mol. The number of hydrogen-bond acceptors (Lipinski definition) is 4. The summed E-state index contributed by atoms with van der Waals surface area (Å²) in [6, 6.07) is 8.26. The molecule has 0 radical (unpaired) electrons. The number of hydrogen-bond donors (Lipinski definition) is 1. The van der Waals surface area contributed by atoms with Crippen LogP contribution < -0.4 is 10.2 Å². The number of rotatable bonds is 3. The highest BCUT2D eigenvalue weighted by Gasteiger charge is 2.34. The second-order valence-corrected chi connectivity index (χ2v) is 4.94. The van der Waals surface area contributed by atoms with E-state index in [2.05, 4.69) is 28.4 Å². The molecule has 0 bridgehead atoms. The van der Waals surface area contributed by atoms with E-state index in [0.29, 0.717) is 6.42 Å². The van der Waals surface area contributed by atoms with Crippen LogP contribution in [0.1, 0.15) is 17.9 Å². The summed E-state index contributed by atoms with van der Waals surface area (Å²) in [6.45, 7) is 2.74. The number of anilines is 1. The zero-order valence-electron chi connectivity index (χ0n) is 10.7. The lowest BCUT2D eigenvalue weighted by molar-refractivity contribution is -0.480. The maximum absolute atomic E-state index is 10.7. The molecule has 5 nitrogen and oxygen atoms in total. The minimum Gasteiger partial charge on any atom is -0.343 e. The molecule has 3 rings (SSSR count). The molecule has 0 spiro atoms. The minimum absolute atomic E-state index is 0.0254. The van der Waals surface area contributed by atoms with Crippen molar-refractivity contribution in [3.63, 3.8) is 0 Å². The fourth-order valence-electron chi connectivity index (χ4n) is 3.02. The lowest BCUT2D eigenvalue weighted by Crippen LogP contribution is -2.26. The molecule has 5 heteroatoms. The van der Waals surface area contributed by atoms with Crippen LogP contribution in [-0.4, -0.2) is 31.1 Å². The highest BCUT2D eigenvalue weighted by Crippen LogP contribution is 2.45. The Morgan fingerprint density at radius 1 is 1.42 bits per heavy atom. The van der Waals surface area contributed by atoms with Crippen LogP contribution in [0.2, 0.25) is 0 Å². The Kier molecular flexibility index (Phi) is 3.21. The molecule has 0 saturated carbocycles. The van der Waals surface area contributed by atoms with Gasteiger partial charge in [-0.1, -0.05) is 24.3 Å². The number of fused-ring (bicyclic) bond motifs is 3. The minimum atomic E-state index is -0.221. The first-order valence-electron chi connectivity index (χ1n) is 6.66. The molecule has 19 heavy (non-hydrogen) atoms. The largest absolute Gasteiger partial charge is 0.343 e. The smallest absolute Gasteiger partial charge is 0.204 e. The molecule has 1 aromatic rings. The van der Waals surface area contributed by atoms with Crippen molar-refractivity contribution in [2.75, 3.05) is 31.1 Å². The van der Waals surface area contributed by atoms with Gasteiger partial charge in [0.1, 0.15) is 0 Å².